The van der Waals surface area contributed by atoms with Gasteiger partial charge in [-0.25, -0.2) is 8.42 Å². The lowest BCUT2D eigenvalue weighted by Gasteiger charge is -2.34. The van der Waals surface area contributed by atoms with Gasteiger partial charge in [0.05, 0.1) is 15.6 Å². The van der Waals surface area contributed by atoms with Crippen LogP contribution < -0.4 is 9.62 Å². The Morgan fingerprint density at radius 2 is 1.52 bits per heavy atom. The topological polar surface area (TPSA) is 86.8 Å². The fourth-order valence-corrected chi connectivity index (χ4v) is 7.52. The van der Waals surface area contributed by atoms with E-state index in [0.29, 0.717) is 27.1 Å². The SMILES string of the molecule is CC[C@H](C(=O)NC1CCCC1)N(Cc1ccc(Cl)cc1Cl)C(=O)CN(c1ccc(Cl)cc1Cl)S(=O)(=O)c1ccccc1. The predicted octanol–water partition coefficient (Wildman–Crippen LogP) is 7.36. The molecule has 1 atom stereocenters. The molecule has 0 spiro atoms. The summed E-state index contributed by atoms with van der Waals surface area (Å²) in [5.41, 5.74) is 0.634. The molecule has 1 aliphatic carbocycles. The van der Waals surface area contributed by atoms with Crippen molar-refractivity contribution in [3.05, 3.63) is 92.4 Å². The lowest BCUT2D eigenvalue weighted by molar-refractivity contribution is -0.140. The van der Waals surface area contributed by atoms with Crippen LogP contribution in [0.4, 0.5) is 5.69 Å². The van der Waals surface area contributed by atoms with Gasteiger partial charge in [0.15, 0.2) is 0 Å². The summed E-state index contributed by atoms with van der Waals surface area (Å²) in [6, 6.07) is 16.1. The molecule has 42 heavy (non-hydrogen) atoms. The Balaban J connectivity index is 1.75. The highest BCUT2D eigenvalue weighted by atomic mass is 35.5. The van der Waals surface area contributed by atoms with Gasteiger partial charge in [-0.3, -0.25) is 13.9 Å². The molecule has 1 saturated carbocycles. The first kappa shape index (κ1) is 32.4. The van der Waals surface area contributed by atoms with Crippen LogP contribution in [0.5, 0.6) is 0 Å². The van der Waals surface area contributed by atoms with Crippen LogP contribution in [-0.4, -0.2) is 43.8 Å². The lowest BCUT2D eigenvalue weighted by Crippen LogP contribution is -2.53. The number of carbonyl (C=O) groups is 2. The maximum atomic E-state index is 14.2. The first-order chi connectivity index (χ1) is 20.0. The highest BCUT2D eigenvalue weighted by molar-refractivity contribution is 7.92. The van der Waals surface area contributed by atoms with Crippen LogP contribution in [0.15, 0.2) is 71.6 Å². The number of anilines is 1. The molecule has 1 aliphatic rings. The van der Waals surface area contributed by atoms with Gasteiger partial charge in [-0.2, -0.15) is 0 Å². The van der Waals surface area contributed by atoms with Crippen LogP contribution in [0.2, 0.25) is 20.1 Å². The zero-order valence-electron chi connectivity index (χ0n) is 22.9. The Labute approximate surface area is 266 Å². The molecule has 1 N–H and O–H groups in total. The number of benzene rings is 3. The Hall–Kier alpha value is -2.49. The number of hydrogen-bond donors (Lipinski definition) is 1. The molecule has 0 unspecified atom stereocenters. The first-order valence-corrected chi connectivity index (χ1v) is 16.5. The van der Waals surface area contributed by atoms with E-state index in [-0.39, 0.29) is 34.1 Å². The number of hydrogen-bond acceptors (Lipinski definition) is 4. The van der Waals surface area contributed by atoms with E-state index in [0.717, 1.165) is 30.0 Å². The summed E-state index contributed by atoms with van der Waals surface area (Å²) >= 11 is 25.1. The highest BCUT2D eigenvalue weighted by Crippen LogP contribution is 2.33. The van der Waals surface area contributed by atoms with Gasteiger partial charge in [0.1, 0.15) is 12.6 Å². The first-order valence-electron chi connectivity index (χ1n) is 13.6. The normalized spacial score (nSPS) is 14.4. The maximum absolute atomic E-state index is 14.2. The van der Waals surface area contributed by atoms with Crippen LogP contribution in [0.1, 0.15) is 44.6 Å². The van der Waals surface area contributed by atoms with Crippen LogP contribution in [-0.2, 0) is 26.2 Å². The molecule has 2 amide bonds. The quantitative estimate of drug-likeness (QED) is 0.231. The zero-order chi connectivity index (χ0) is 30.4. The van der Waals surface area contributed by atoms with E-state index < -0.39 is 28.5 Å². The second-order valence-corrected chi connectivity index (χ2v) is 13.6. The molecular weight excluding hydrogens is 640 g/mol. The van der Waals surface area contributed by atoms with Crippen molar-refractivity contribution in [3.63, 3.8) is 0 Å². The summed E-state index contributed by atoms with van der Waals surface area (Å²) in [4.78, 5) is 29.1. The Kier molecular flexibility index (Phi) is 11.1. The van der Waals surface area contributed by atoms with Crippen molar-refractivity contribution < 1.29 is 18.0 Å². The molecule has 0 aromatic heterocycles. The monoisotopic (exact) mass is 669 g/mol. The largest absolute Gasteiger partial charge is 0.352 e. The second kappa shape index (κ2) is 14.3. The third kappa shape index (κ3) is 7.71. The Morgan fingerprint density at radius 3 is 2.12 bits per heavy atom. The molecule has 1 fully saturated rings. The minimum Gasteiger partial charge on any atom is -0.352 e. The van der Waals surface area contributed by atoms with Crippen molar-refractivity contribution in [2.45, 2.75) is 62.6 Å². The van der Waals surface area contributed by atoms with Crippen molar-refractivity contribution in [2.24, 2.45) is 0 Å². The minimum absolute atomic E-state index is 0.0258. The maximum Gasteiger partial charge on any atom is 0.264 e. The molecule has 0 bridgehead atoms. The van der Waals surface area contributed by atoms with Gasteiger partial charge < -0.3 is 10.2 Å². The Morgan fingerprint density at radius 1 is 0.905 bits per heavy atom. The van der Waals surface area contributed by atoms with Crippen LogP contribution in [0.3, 0.4) is 0 Å². The van der Waals surface area contributed by atoms with Crippen molar-refractivity contribution in [3.8, 4) is 0 Å². The summed E-state index contributed by atoms with van der Waals surface area (Å²) in [6.07, 6.45) is 4.09. The van der Waals surface area contributed by atoms with Gasteiger partial charge >= 0.3 is 0 Å². The van der Waals surface area contributed by atoms with Crippen molar-refractivity contribution in [2.75, 3.05) is 10.8 Å². The van der Waals surface area contributed by atoms with Crippen LogP contribution in [0, 0.1) is 0 Å². The third-order valence-corrected chi connectivity index (χ3v) is 10.1. The number of rotatable bonds is 11. The molecule has 0 aliphatic heterocycles. The molecule has 3 aromatic carbocycles. The summed E-state index contributed by atoms with van der Waals surface area (Å²) in [7, 11) is -4.26. The summed E-state index contributed by atoms with van der Waals surface area (Å²) in [5.74, 6) is -0.912. The van der Waals surface area contributed by atoms with Crippen molar-refractivity contribution >= 4 is 73.9 Å². The molecule has 0 saturated heterocycles. The summed E-state index contributed by atoms with van der Waals surface area (Å²) in [6.45, 7) is 1.13. The molecule has 0 heterocycles. The predicted molar refractivity (Wildman–Crippen MR) is 169 cm³/mol. The van der Waals surface area contributed by atoms with E-state index in [9.17, 15) is 18.0 Å². The van der Waals surface area contributed by atoms with E-state index in [4.69, 9.17) is 46.4 Å². The lowest BCUT2D eigenvalue weighted by atomic mass is 10.1. The molecule has 0 radical (unpaired) electrons. The number of amides is 2. The van der Waals surface area contributed by atoms with E-state index in [1.54, 1.807) is 43.3 Å². The highest BCUT2D eigenvalue weighted by Gasteiger charge is 2.35. The van der Waals surface area contributed by atoms with Crippen molar-refractivity contribution in [1.82, 2.24) is 10.2 Å². The number of carbonyl (C=O) groups excluding carboxylic acids is 2. The number of sulfonamides is 1. The van der Waals surface area contributed by atoms with E-state index in [2.05, 4.69) is 5.32 Å². The van der Waals surface area contributed by atoms with Gasteiger partial charge in [-0.05, 0) is 67.3 Å². The fourth-order valence-electron chi connectivity index (χ4n) is 5.04. The number of nitrogens with zero attached hydrogens (tertiary/aromatic N) is 2. The van der Waals surface area contributed by atoms with Crippen LogP contribution >= 0.6 is 46.4 Å². The van der Waals surface area contributed by atoms with Crippen LogP contribution in [0.25, 0.3) is 0 Å². The Bertz CT molecular complexity index is 1530. The molecule has 224 valence electrons. The van der Waals surface area contributed by atoms with E-state index in [1.165, 1.54) is 35.2 Å². The standard InChI is InChI=1S/C30H31Cl4N3O4S/c1-2-27(30(39)35-23-8-6-7-9-23)36(18-20-12-13-21(31)16-25(20)33)29(38)19-37(28-15-14-22(32)17-26(28)34)42(40,41)24-10-4-3-5-11-24/h3-5,10-17,23,27H,2,6-9,18-19H2,1H3,(H,35,39)/t27-/m1/s1. The van der Waals surface area contributed by atoms with Gasteiger partial charge in [-0.1, -0.05) is 90.4 Å². The molecule has 3 aromatic rings. The van der Waals surface area contributed by atoms with Gasteiger partial charge in [-0.15, -0.1) is 0 Å². The van der Waals surface area contributed by atoms with Crippen molar-refractivity contribution in [1.29, 1.82) is 0 Å². The number of halogens is 4. The average molecular weight is 671 g/mol. The zero-order valence-corrected chi connectivity index (χ0v) is 26.7. The molecular formula is C30H31Cl4N3O4S. The third-order valence-electron chi connectivity index (χ3n) is 7.23. The van der Waals surface area contributed by atoms with Gasteiger partial charge in [0.2, 0.25) is 11.8 Å². The second-order valence-electron chi connectivity index (χ2n) is 10.1. The van der Waals surface area contributed by atoms with E-state index in [1.807, 2.05) is 0 Å². The summed E-state index contributed by atoms with van der Waals surface area (Å²) < 4.78 is 28.8. The molecule has 7 nitrogen and oxygen atoms in total. The molecule has 12 heteroatoms. The van der Waals surface area contributed by atoms with Gasteiger partial charge in [0, 0.05) is 27.7 Å². The minimum atomic E-state index is -4.26. The molecule has 4 rings (SSSR count). The number of nitrogens with one attached hydrogen (secondary N) is 1. The average Bonchev–Trinajstić information content (AvgIpc) is 3.46. The smallest absolute Gasteiger partial charge is 0.264 e. The van der Waals surface area contributed by atoms with Gasteiger partial charge in [0.25, 0.3) is 10.0 Å². The fraction of sp³-hybridized carbons (Fsp3) is 0.333. The summed E-state index contributed by atoms with van der Waals surface area (Å²) in [5, 5.41) is 4.17. The van der Waals surface area contributed by atoms with E-state index >= 15 is 0 Å².